The lowest BCUT2D eigenvalue weighted by molar-refractivity contribution is -0.400. The third-order valence-corrected chi connectivity index (χ3v) is 1.97. The molecule has 1 aliphatic rings. The third kappa shape index (κ3) is 2.07. The van der Waals surface area contributed by atoms with Gasteiger partial charge >= 0.3 is 0 Å². The second kappa shape index (κ2) is 4.00. The summed E-state index contributed by atoms with van der Waals surface area (Å²) in [5, 5.41) is 10.2. The first-order valence-corrected chi connectivity index (χ1v) is 4.47. The van der Waals surface area contributed by atoms with Crippen LogP contribution >= 0.6 is 0 Å². The summed E-state index contributed by atoms with van der Waals surface area (Å²) in [6.45, 7) is 0.978. The summed E-state index contributed by atoms with van der Waals surface area (Å²) in [5.41, 5.74) is 0.656. The van der Waals surface area contributed by atoms with Crippen molar-refractivity contribution in [2.75, 3.05) is 13.2 Å². The van der Waals surface area contributed by atoms with Crippen LogP contribution in [0.15, 0.2) is 24.4 Å². The van der Waals surface area contributed by atoms with Crippen LogP contribution in [0.4, 0.5) is 0 Å². The van der Waals surface area contributed by atoms with Gasteiger partial charge in [0.05, 0.1) is 4.92 Å². The fraction of sp³-hybridized carbons (Fsp3) is 0.200. The number of hydrogen-bond acceptors (Lipinski definition) is 4. The van der Waals surface area contributed by atoms with Crippen LogP contribution in [0.1, 0.15) is 5.56 Å². The first-order chi connectivity index (χ1) is 7.27. The number of ether oxygens (including phenoxy) is 2. The number of benzene rings is 1. The molecular formula is C10H9NO4. The molecule has 0 saturated carbocycles. The van der Waals surface area contributed by atoms with Gasteiger partial charge in [-0.3, -0.25) is 10.1 Å². The van der Waals surface area contributed by atoms with Crippen LogP contribution in [-0.2, 0) is 0 Å². The van der Waals surface area contributed by atoms with Crippen LogP contribution in [0.3, 0.4) is 0 Å². The number of para-hydroxylation sites is 1. The summed E-state index contributed by atoms with van der Waals surface area (Å²) < 4.78 is 10.7. The minimum Gasteiger partial charge on any atom is -0.486 e. The van der Waals surface area contributed by atoms with E-state index in [1.807, 2.05) is 0 Å². The highest BCUT2D eigenvalue weighted by Gasteiger charge is 2.14. The van der Waals surface area contributed by atoms with Crippen LogP contribution in [-0.4, -0.2) is 18.1 Å². The van der Waals surface area contributed by atoms with Gasteiger partial charge in [-0.2, -0.15) is 0 Å². The fourth-order valence-electron chi connectivity index (χ4n) is 1.37. The minimum atomic E-state index is -0.511. The normalized spacial score (nSPS) is 14.1. The van der Waals surface area contributed by atoms with Crippen LogP contribution in [0.5, 0.6) is 11.5 Å². The Labute approximate surface area is 86.1 Å². The highest BCUT2D eigenvalue weighted by atomic mass is 16.6. The molecule has 1 heterocycles. The van der Waals surface area contributed by atoms with Crippen LogP contribution in [0.2, 0.25) is 0 Å². The Morgan fingerprint density at radius 2 is 2.13 bits per heavy atom. The summed E-state index contributed by atoms with van der Waals surface area (Å²) in [7, 11) is 0. The largest absolute Gasteiger partial charge is 0.486 e. The summed E-state index contributed by atoms with van der Waals surface area (Å²) >= 11 is 0. The molecular weight excluding hydrogens is 198 g/mol. The lowest BCUT2D eigenvalue weighted by Gasteiger charge is -2.19. The Morgan fingerprint density at radius 1 is 1.33 bits per heavy atom. The molecule has 0 radical (unpaired) electrons. The monoisotopic (exact) mass is 207 g/mol. The summed E-state index contributed by atoms with van der Waals surface area (Å²) in [6, 6.07) is 5.29. The van der Waals surface area contributed by atoms with Gasteiger partial charge in [-0.05, 0) is 6.07 Å². The second-order valence-electron chi connectivity index (χ2n) is 2.97. The Bertz CT molecular complexity index is 414. The molecule has 0 saturated heterocycles. The van der Waals surface area contributed by atoms with E-state index in [0.29, 0.717) is 30.3 Å². The van der Waals surface area contributed by atoms with Crippen molar-refractivity contribution in [3.63, 3.8) is 0 Å². The average Bonchev–Trinajstić information content (AvgIpc) is 2.26. The standard InChI is InChI=1S/C10H9NO4/c12-11(13)5-4-8-2-1-3-9-10(8)15-7-6-14-9/h1-5H,6-7H2. The predicted octanol–water partition coefficient (Wildman–Crippen LogP) is 1.71. The molecule has 15 heavy (non-hydrogen) atoms. The number of nitro groups is 1. The van der Waals surface area contributed by atoms with Crippen molar-refractivity contribution in [1.29, 1.82) is 0 Å². The van der Waals surface area contributed by atoms with Gasteiger partial charge in [0.25, 0.3) is 0 Å². The Hall–Kier alpha value is -2.04. The van der Waals surface area contributed by atoms with E-state index >= 15 is 0 Å². The molecule has 5 nitrogen and oxygen atoms in total. The third-order valence-electron chi connectivity index (χ3n) is 1.97. The van der Waals surface area contributed by atoms with Crippen molar-refractivity contribution in [2.45, 2.75) is 0 Å². The van der Waals surface area contributed by atoms with E-state index in [-0.39, 0.29) is 0 Å². The van der Waals surface area contributed by atoms with Crippen molar-refractivity contribution in [1.82, 2.24) is 0 Å². The molecule has 1 aromatic carbocycles. The maximum Gasteiger partial charge on any atom is 0.235 e. The first kappa shape index (κ1) is 9.51. The molecule has 0 atom stereocenters. The van der Waals surface area contributed by atoms with E-state index in [1.54, 1.807) is 18.2 Å². The highest BCUT2D eigenvalue weighted by molar-refractivity contribution is 5.62. The summed E-state index contributed by atoms with van der Waals surface area (Å²) in [5.74, 6) is 1.20. The molecule has 0 amide bonds. The van der Waals surface area contributed by atoms with Gasteiger partial charge in [0.2, 0.25) is 6.20 Å². The zero-order chi connectivity index (χ0) is 10.7. The van der Waals surface area contributed by atoms with Crippen molar-refractivity contribution < 1.29 is 14.4 Å². The van der Waals surface area contributed by atoms with Crippen molar-refractivity contribution in [3.8, 4) is 11.5 Å². The first-order valence-electron chi connectivity index (χ1n) is 4.47. The molecule has 0 spiro atoms. The van der Waals surface area contributed by atoms with E-state index in [1.165, 1.54) is 6.08 Å². The van der Waals surface area contributed by atoms with Gasteiger partial charge in [0.15, 0.2) is 11.5 Å². The molecule has 0 N–H and O–H groups in total. The predicted molar refractivity (Wildman–Crippen MR) is 53.5 cm³/mol. The molecule has 78 valence electrons. The molecule has 0 unspecified atom stereocenters. The zero-order valence-corrected chi connectivity index (χ0v) is 7.88. The Balaban J connectivity index is 2.35. The smallest absolute Gasteiger partial charge is 0.235 e. The lowest BCUT2D eigenvalue weighted by atomic mass is 10.1. The van der Waals surface area contributed by atoms with E-state index in [0.717, 1.165) is 6.20 Å². The van der Waals surface area contributed by atoms with Crippen LogP contribution in [0.25, 0.3) is 6.08 Å². The molecule has 0 bridgehead atoms. The molecule has 0 aromatic heterocycles. The second-order valence-corrected chi connectivity index (χ2v) is 2.97. The van der Waals surface area contributed by atoms with Gasteiger partial charge in [0.1, 0.15) is 13.2 Å². The number of hydrogen-bond donors (Lipinski definition) is 0. The van der Waals surface area contributed by atoms with Crippen molar-refractivity contribution >= 4 is 6.08 Å². The zero-order valence-electron chi connectivity index (χ0n) is 7.88. The van der Waals surface area contributed by atoms with Gasteiger partial charge in [0, 0.05) is 11.6 Å². The summed E-state index contributed by atoms with van der Waals surface area (Å²) in [6.07, 6.45) is 2.28. The summed E-state index contributed by atoms with van der Waals surface area (Å²) in [4.78, 5) is 9.68. The number of nitrogens with zero attached hydrogens (tertiary/aromatic N) is 1. The van der Waals surface area contributed by atoms with E-state index in [4.69, 9.17) is 9.47 Å². The van der Waals surface area contributed by atoms with E-state index < -0.39 is 4.92 Å². The number of rotatable bonds is 2. The molecule has 2 rings (SSSR count). The lowest BCUT2D eigenvalue weighted by Crippen LogP contribution is -2.15. The topological polar surface area (TPSA) is 61.6 Å². The van der Waals surface area contributed by atoms with Crippen LogP contribution < -0.4 is 9.47 Å². The minimum absolute atomic E-state index is 0.469. The molecule has 0 aliphatic carbocycles. The molecule has 0 fully saturated rings. The van der Waals surface area contributed by atoms with Gasteiger partial charge in [-0.1, -0.05) is 12.1 Å². The molecule has 5 heteroatoms. The van der Waals surface area contributed by atoms with Gasteiger partial charge in [-0.25, -0.2) is 0 Å². The fourth-order valence-corrected chi connectivity index (χ4v) is 1.37. The maximum absolute atomic E-state index is 10.2. The molecule has 1 aliphatic heterocycles. The quantitative estimate of drug-likeness (QED) is 0.547. The number of fused-ring (bicyclic) bond motifs is 1. The van der Waals surface area contributed by atoms with Crippen LogP contribution in [0, 0.1) is 10.1 Å². The van der Waals surface area contributed by atoms with E-state index in [2.05, 4.69) is 0 Å². The van der Waals surface area contributed by atoms with Crippen molar-refractivity contribution in [2.24, 2.45) is 0 Å². The SMILES string of the molecule is O=[N+]([O-])C=Cc1cccc2c1OCCO2. The molecule has 1 aromatic rings. The average molecular weight is 207 g/mol. The van der Waals surface area contributed by atoms with Crippen molar-refractivity contribution in [3.05, 3.63) is 40.1 Å². The Morgan fingerprint density at radius 3 is 2.93 bits per heavy atom. The maximum atomic E-state index is 10.2. The van der Waals surface area contributed by atoms with Gasteiger partial charge < -0.3 is 9.47 Å². The van der Waals surface area contributed by atoms with E-state index in [9.17, 15) is 10.1 Å². The Kier molecular flexibility index (Phi) is 2.53. The highest BCUT2D eigenvalue weighted by Crippen LogP contribution is 2.34. The van der Waals surface area contributed by atoms with Gasteiger partial charge in [-0.15, -0.1) is 0 Å².